The Morgan fingerprint density at radius 3 is 2.53 bits per heavy atom. The normalized spacial score (nSPS) is 20.1. The number of thiophene rings is 1. The van der Waals surface area contributed by atoms with Crippen molar-refractivity contribution < 1.29 is 19.1 Å². The molecular formula is C22H25N3O4S. The molecule has 0 bridgehead atoms. The van der Waals surface area contributed by atoms with E-state index in [1.54, 1.807) is 24.3 Å². The number of anilines is 1. The third-order valence-corrected chi connectivity index (χ3v) is 6.36. The van der Waals surface area contributed by atoms with Crippen LogP contribution in [0.3, 0.4) is 0 Å². The summed E-state index contributed by atoms with van der Waals surface area (Å²) in [6, 6.07) is 10.3. The molecule has 1 N–H and O–H groups in total. The van der Waals surface area contributed by atoms with Crippen LogP contribution in [-0.2, 0) is 9.59 Å². The van der Waals surface area contributed by atoms with Crippen molar-refractivity contribution >= 4 is 34.7 Å². The maximum Gasteiger partial charge on any atom is 0.263 e. The molecule has 30 heavy (non-hydrogen) atoms. The Morgan fingerprint density at radius 2 is 1.90 bits per heavy atom. The van der Waals surface area contributed by atoms with Gasteiger partial charge in [0.1, 0.15) is 5.75 Å². The van der Waals surface area contributed by atoms with Gasteiger partial charge in [0.2, 0.25) is 5.91 Å². The first-order chi connectivity index (χ1) is 14.6. The van der Waals surface area contributed by atoms with E-state index in [2.05, 4.69) is 5.32 Å². The van der Waals surface area contributed by atoms with Crippen LogP contribution in [0.2, 0.25) is 0 Å². The molecule has 2 saturated heterocycles. The fourth-order valence-electron chi connectivity index (χ4n) is 3.98. The third kappa shape index (κ3) is 4.24. The number of rotatable bonds is 6. The van der Waals surface area contributed by atoms with E-state index in [1.807, 2.05) is 29.3 Å². The SMILES string of the molecule is CCOc1ccc(N2C(=O)C[C@H](NC3CCN(C(=O)c4cccs4)CC3)C2=O)cc1. The smallest absolute Gasteiger partial charge is 0.263 e. The average Bonchev–Trinajstić information content (AvgIpc) is 3.38. The van der Waals surface area contributed by atoms with Crippen LogP contribution < -0.4 is 15.0 Å². The third-order valence-electron chi connectivity index (χ3n) is 5.50. The molecule has 1 aromatic heterocycles. The minimum Gasteiger partial charge on any atom is -0.494 e. The number of carbonyl (C=O) groups excluding carboxylic acids is 3. The second-order valence-electron chi connectivity index (χ2n) is 7.46. The zero-order valence-electron chi connectivity index (χ0n) is 16.9. The molecule has 0 radical (unpaired) electrons. The molecule has 0 saturated carbocycles. The number of amides is 3. The Kier molecular flexibility index (Phi) is 6.15. The number of hydrogen-bond acceptors (Lipinski definition) is 6. The highest BCUT2D eigenvalue weighted by Crippen LogP contribution is 2.26. The topological polar surface area (TPSA) is 79.0 Å². The lowest BCUT2D eigenvalue weighted by Gasteiger charge is -2.33. The van der Waals surface area contributed by atoms with Crippen LogP contribution in [0.5, 0.6) is 5.75 Å². The first-order valence-electron chi connectivity index (χ1n) is 10.3. The Bertz CT molecular complexity index is 905. The van der Waals surface area contributed by atoms with Crippen LogP contribution in [0.4, 0.5) is 5.69 Å². The van der Waals surface area contributed by atoms with Gasteiger partial charge in [-0.1, -0.05) is 6.07 Å². The summed E-state index contributed by atoms with van der Waals surface area (Å²) in [5, 5.41) is 5.25. The Balaban J connectivity index is 1.33. The second-order valence-corrected chi connectivity index (χ2v) is 8.41. The largest absolute Gasteiger partial charge is 0.494 e. The van der Waals surface area contributed by atoms with E-state index in [4.69, 9.17) is 4.74 Å². The van der Waals surface area contributed by atoms with E-state index >= 15 is 0 Å². The fourth-order valence-corrected chi connectivity index (χ4v) is 4.67. The molecular weight excluding hydrogens is 402 g/mol. The first kappa shape index (κ1) is 20.6. The molecule has 3 heterocycles. The average molecular weight is 428 g/mol. The van der Waals surface area contributed by atoms with E-state index in [-0.39, 0.29) is 30.2 Å². The summed E-state index contributed by atoms with van der Waals surface area (Å²) in [6.07, 6.45) is 1.68. The number of likely N-dealkylation sites (tertiary alicyclic amines) is 1. The predicted molar refractivity (Wildman–Crippen MR) is 115 cm³/mol. The molecule has 3 amide bonds. The number of benzene rings is 1. The van der Waals surface area contributed by atoms with Crippen molar-refractivity contribution in [2.75, 3.05) is 24.6 Å². The molecule has 2 aliphatic rings. The van der Waals surface area contributed by atoms with E-state index < -0.39 is 6.04 Å². The standard InChI is InChI=1S/C22H25N3O4S/c1-2-29-17-7-5-16(6-8-17)25-20(26)14-18(21(25)27)23-15-9-11-24(12-10-15)22(28)19-4-3-13-30-19/h3-8,13,15,18,23H,2,9-12,14H2,1H3/t18-/m0/s1. The maximum absolute atomic E-state index is 12.9. The van der Waals surface area contributed by atoms with Crippen molar-refractivity contribution in [2.24, 2.45) is 0 Å². The zero-order chi connectivity index (χ0) is 21.1. The van der Waals surface area contributed by atoms with Crippen molar-refractivity contribution in [3.63, 3.8) is 0 Å². The van der Waals surface area contributed by atoms with Gasteiger partial charge in [0, 0.05) is 19.1 Å². The monoisotopic (exact) mass is 427 g/mol. The van der Waals surface area contributed by atoms with E-state index in [9.17, 15) is 14.4 Å². The molecule has 0 spiro atoms. The van der Waals surface area contributed by atoms with E-state index in [0.29, 0.717) is 31.1 Å². The predicted octanol–water partition coefficient (Wildman–Crippen LogP) is 2.67. The van der Waals surface area contributed by atoms with Crippen LogP contribution in [0, 0.1) is 0 Å². The molecule has 8 heteroatoms. The quantitative estimate of drug-likeness (QED) is 0.717. The van der Waals surface area contributed by atoms with Gasteiger partial charge in [0.25, 0.3) is 11.8 Å². The Hall–Kier alpha value is -2.71. The molecule has 158 valence electrons. The van der Waals surface area contributed by atoms with Crippen LogP contribution >= 0.6 is 11.3 Å². The van der Waals surface area contributed by atoms with Crippen molar-refractivity contribution in [1.29, 1.82) is 0 Å². The van der Waals surface area contributed by atoms with Crippen LogP contribution in [0.1, 0.15) is 35.9 Å². The molecule has 1 atom stereocenters. The summed E-state index contributed by atoms with van der Waals surface area (Å²) in [4.78, 5) is 41.7. The minimum atomic E-state index is -0.520. The second kappa shape index (κ2) is 8.97. The minimum absolute atomic E-state index is 0.0669. The number of imide groups is 1. The van der Waals surface area contributed by atoms with Gasteiger partial charge in [-0.25, -0.2) is 4.90 Å². The first-order valence-corrected chi connectivity index (χ1v) is 11.1. The van der Waals surface area contributed by atoms with Gasteiger partial charge in [-0.2, -0.15) is 0 Å². The maximum atomic E-state index is 12.9. The van der Waals surface area contributed by atoms with Gasteiger partial charge in [-0.3, -0.25) is 14.4 Å². The molecule has 0 unspecified atom stereocenters. The van der Waals surface area contributed by atoms with Crippen LogP contribution in [-0.4, -0.2) is 54.4 Å². The summed E-state index contributed by atoms with van der Waals surface area (Å²) < 4.78 is 5.42. The molecule has 2 fully saturated rings. The summed E-state index contributed by atoms with van der Waals surface area (Å²) in [5.74, 6) is 0.351. The highest BCUT2D eigenvalue weighted by Gasteiger charge is 2.40. The number of nitrogens with one attached hydrogen (secondary N) is 1. The summed E-state index contributed by atoms with van der Waals surface area (Å²) >= 11 is 1.45. The van der Waals surface area contributed by atoms with Crippen molar-refractivity contribution in [1.82, 2.24) is 10.2 Å². The van der Waals surface area contributed by atoms with Gasteiger partial charge in [0.15, 0.2) is 0 Å². The van der Waals surface area contributed by atoms with Gasteiger partial charge >= 0.3 is 0 Å². The molecule has 2 aromatic rings. The summed E-state index contributed by atoms with van der Waals surface area (Å²) in [5.41, 5.74) is 0.564. The lowest BCUT2D eigenvalue weighted by Crippen LogP contribution is -2.49. The lowest BCUT2D eigenvalue weighted by molar-refractivity contribution is -0.121. The zero-order valence-corrected chi connectivity index (χ0v) is 17.7. The van der Waals surface area contributed by atoms with Gasteiger partial charge in [-0.15, -0.1) is 11.3 Å². The van der Waals surface area contributed by atoms with Crippen LogP contribution in [0.15, 0.2) is 41.8 Å². The number of nitrogens with zero attached hydrogens (tertiary/aromatic N) is 2. The van der Waals surface area contributed by atoms with Gasteiger partial charge in [0.05, 0.1) is 29.6 Å². The molecule has 0 aliphatic carbocycles. The number of hydrogen-bond donors (Lipinski definition) is 1. The van der Waals surface area contributed by atoms with E-state index in [1.165, 1.54) is 16.2 Å². The number of carbonyl (C=O) groups is 3. The van der Waals surface area contributed by atoms with Crippen molar-refractivity contribution in [2.45, 2.75) is 38.3 Å². The highest BCUT2D eigenvalue weighted by molar-refractivity contribution is 7.12. The number of piperidine rings is 1. The molecule has 7 nitrogen and oxygen atoms in total. The van der Waals surface area contributed by atoms with Crippen molar-refractivity contribution in [3.8, 4) is 5.75 Å². The molecule has 1 aromatic carbocycles. The highest BCUT2D eigenvalue weighted by atomic mass is 32.1. The summed E-state index contributed by atoms with van der Waals surface area (Å²) in [7, 11) is 0. The number of ether oxygens (including phenoxy) is 1. The van der Waals surface area contributed by atoms with Gasteiger partial charge < -0.3 is 15.0 Å². The van der Waals surface area contributed by atoms with E-state index in [0.717, 1.165) is 17.7 Å². The molecule has 2 aliphatic heterocycles. The summed E-state index contributed by atoms with van der Waals surface area (Å²) in [6.45, 7) is 3.75. The Morgan fingerprint density at radius 1 is 1.17 bits per heavy atom. The molecule has 4 rings (SSSR count). The van der Waals surface area contributed by atoms with Gasteiger partial charge in [-0.05, 0) is 55.5 Å². The lowest BCUT2D eigenvalue weighted by atomic mass is 10.0. The fraction of sp³-hybridized carbons (Fsp3) is 0.409. The van der Waals surface area contributed by atoms with Crippen molar-refractivity contribution in [3.05, 3.63) is 46.7 Å². The Labute approximate surface area is 179 Å². The van der Waals surface area contributed by atoms with Crippen LogP contribution in [0.25, 0.3) is 0 Å².